The quantitative estimate of drug-likeness (QED) is 0.663. The summed E-state index contributed by atoms with van der Waals surface area (Å²) in [7, 11) is 1.51. The maximum atomic E-state index is 14.4. The number of fused-ring (bicyclic) bond motifs is 1. The summed E-state index contributed by atoms with van der Waals surface area (Å²) in [5.41, 5.74) is 5.11. The number of alkyl halides is 2. The number of rotatable bonds is 5. The van der Waals surface area contributed by atoms with Crippen LogP contribution in [0.5, 0.6) is 5.88 Å². The Morgan fingerprint density at radius 2 is 1.93 bits per heavy atom. The number of aryl methyl sites for hydroxylation is 2. The number of pyridine rings is 1. The third-order valence-electron chi connectivity index (χ3n) is 4.02. The van der Waals surface area contributed by atoms with Crippen LogP contribution in [0.2, 0.25) is 0 Å². The Hall–Kier alpha value is -2.94. The predicted molar refractivity (Wildman–Crippen MR) is 95.2 cm³/mol. The van der Waals surface area contributed by atoms with E-state index < -0.39 is 17.4 Å². The smallest absolute Gasteiger partial charge is 0.329 e. The molecule has 0 fully saturated rings. The Balaban J connectivity index is 1.97. The molecule has 0 aliphatic heterocycles. The minimum absolute atomic E-state index is 0.0419. The van der Waals surface area contributed by atoms with Gasteiger partial charge in [0.15, 0.2) is 5.65 Å². The number of hydrogen-bond acceptors (Lipinski definition) is 6. The molecule has 3 N–H and O–H groups in total. The van der Waals surface area contributed by atoms with E-state index in [1.165, 1.54) is 19.2 Å². The number of nitrogens with one attached hydrogen (secondary N) is 1. The van der Waals surface area contributed by atoms with Crippen LogP contribution in [0.25, 0.3) is 11.0 Å². The molecule has 142 valence electrons. The first-order valence-electron chi connectivity index (χ1n) is 8.09. The van der Waals surface area contributed by atoms with Gasteiger partial charge < -0.3 is 10.1 Å². The average Bonchev–Trinajstić information content (AvgIpc) is 2.59. The van der Waals surface area contributed by atoms with Crippen molar-refractivity contribution < 1.29 is 17.9 Å². The van der Waals surface area contributed by atoms with Crippen LogP contribution in [-0.4, -0.2) is 22.1 Å². The number of aromatic nitrogens is 3. The van der Waals surface area contributed by atoms with Crippen molar-refractivity contribution in [3.63, 3.8) is 0 Å². The number of ether oxygens (including phenoxy) is 1. The summed E-state index contributed by atoms with van der Waals surface area (Å²) in [4.78, 5) is 12.9. The van der Waals surface area contributed by atoms with Crippen LogP contribution < -0.4 is 15.8 Å². The molecule has 0 radical (unpaired) electrons. The Morgan fingerprint density at radius 1 is 1.19 bits per heavy atom. The molecule has 6 nitrogen and oxygen atoms in total. The number of anilines is 1. The molecule has 0 saturated carbocycles. The van der Waals surface area contributed by atoms with Gasteiger partial charge in [-0.05, 0) is 26.0 Å². The van der Waals surface area contributed by atoms with Gasteiger partial charge in [0.1, 0.15) is 17.5 Å². The van der Waals surface area contributed by atoms with Crippen molar-refractivity contribution in [2.24, 2.45) is 5.73 Å². The van der Waals surface area contributed by atoms with Crippen molar-refractivity contribution in [1.82, 2.24) is 15.0 Å². The van der Waals surface area contributed by atoms with Crippen LogP contribution >= 0.6 is 0 Å². The molecule has 0 aliphatic rings. The zero-order chi connectivity index (χ0) is 19.8. The van der Waals surface area contributed by atoms with Gasteiger partial charge in [-0.2, -0.15) is 13.8 Å². The van der Waals surface area contributed by atoms with E-state index in [-0.39, 0.29) is 12.1 Å². The summed E-state index contributed by atoms with van der Waals surface area (Å²) in [6.45, 7) is 3.45. The molecule has 0 aliphatic carbocycles. The van der Waals surface area contributed by atoms with E-state index in [0.29, 0.717) is 28.6 Å². The number of methoxy groups -OCH3 is 1. The fourth-order valence-corrected chi connectivity index (χ4v) is 2.74. The number of halogens is 3. The van der Waals surface area contributed by atoms with E-state index >= 15 is 0 Å². The highest BCUT2D eigenvalue weighted by molar-refractivity contribution is 5.87. The average molecular weight is 377 g/mol. The molecule has 0 bridgehead atoms. The molecule has 0 saturated heterocycles. The summed E-state index contributed by atoms with van der Waals surface area (Å²) in [6, 6.07) is 1.73. The van der Waals surface area contributed by atoms with Gasteiger partial charge in [0.05, 0.1) is 18.1 Å². The molecule has 3 rings (SSSR count). The van der Waals surface area contributed by atoms with Crippen LogP contribution in [0.4, 0.5) is 19.0 Å². The van der Waals surface area contributed by atoms with Crippen LogP contribution in [0.15, 0.2) is 24.3 Å². The molecule has 0 spiro atoms. The van der Waals surface area contributed by atoms with Gasteiger partial charge in [-0.15, -0.1) is 0 Å². The number of nitrogens with two attached hydrogens (primary N) is 1. The van der Waals surface area contributed by atoms with Crippen molar-refractivity contribution >= 4 is 16.9 Å². The van der Waals surface area contributed by atoms with E-state index in [1.54, 1.807) is 13.0 Å². The molecule has 0 unspecified atom stereocenters. The van der Waals surface area contributed by atoms with Crippen LogP contribution in [0.1, 0.15) is 22.5 Å². The summed E-state index contributed by atoms with van der Waals surface area (Å²) in [6.07, 6.45) is 0. The SMILES string of the molecule is COc1nc2nc(C)nc(NCc3cccc(C(N)(F)F)c3F)c2cc1C. The molecule has 2 aromatic heterocycles. The minimum Gasteiger partial charge on any atom is -0.481 e. The first-order chi connectivity index (χ1) is 12.7. The van der Waals surface area contributed by atoms with Gasteiger partial charge >= 0.3 is 6.05 Å². The summed E-state index contributed by atoms with van der Waals surface area (Å²) < 4.78 is 46.2. The van der Waals surface area contributed by atoms with Crippen molar-refractivity contribution in [2.75, 3.05) is 12.4 Å². The van der Waals surface area contributed by atoms with Crippen LogP contribution in [0, 0.1) is 19.7 Å². The first kappa shape index (κ1) is 18.8. The topological polar surface area (TPSA) is 86.0 Å². The maximum absolute atomic E-state index is 14.4. The largest absolute Gasteiger partial charge is 0.481 e. The number of nitrogens with zero attached hydrogens (tertiary/aromatic N) is 3. The van der Waals surface area contributed by atoms with Gasteiger partial charge in [-0.3, -0.25) is 5.73 Å². The lowest BCUT2D eigenvalue weighted by atomic mass is 10.1. The third-order valence-corrected chi connectivity index (χ3v) is 4.02. The van der Waals surface area contributed by atoms with Gasteiger partial charge in [-0.25, -0.2) is 14.4 Å². The van der Waals surface area contributed by atoms with E-state index in [9.17, 15) is 13.2 Å². The standard InChI is InChI=1S/C18H18F3N5O/c1-9-7-12-15(24-10(2)25-16(12)26-17(9)27-3)23-8-11-5-4-6-13(14(11)19)18(20,21)22/h4-7H,8,22H2,1-3H3,(H,23,24,25,26). The predicted octanol–water partition coefficient (Wildman–Crippen LogP) is 3.41. The molecule has 0 amide bonds. The molecule has 27 heavy (non-hydrogen) atoms. The zero-order valence-electron chi connectivity index (χ0n) is 15.0. The highest BCUT2D eigenvalue weighted by atomic mass is 19.3. The number of hydrogen-bond donors (Lipinski definition) is 2. The lowest BCUT2D eigenvalue weighted by molar-refractivity contribution is -0.000733. The van der Waals surface area contributed by atoms with Crippen molar-refractivity contribution in [1.29, 1.82) is 0 Å². The molecule has 1 aromatic carbocycles. The fraction of sp³-hybridized carbons (Fsp3) is 0.278. The summed E-state index contributed by atoms with van der Waals surface area (Å²) >= 11 is 0. The third kappa shape index (κ3) is 3.77. The van der Waals surface area contributed by atoms with E-state index in [2.05, 4.69) is 20.3 Å². The zero-order valence-corrected chi connectivity index (χ0v) is 15.0. The lowest BCUT2D eigenvalue weighted by Crippen LogP contribution is -2.27. The molecule has 2 heterocycles. The Morgan fingerprint density at radius 3 is 2.59 bits per heavy atom. The minimum atomic E-state index is -3.75. The molecular formula is C18H18F3N5O. The molecule has 0 atom stereocenters. The molecular weight excluding hydrogens is 359 g/mol. The van der Waals surface area contributed by atoms with Crippen LogP contribution in [-0.2, 0) is 12.6 Å². The fourth-order valence-electron chi connectivity index (χ4n) is 2.74. The van der Waals surface area contributed by atoms with Gasteiger partial charge in [0.25, 0.3) is 0 Å². The van der Waals surface area contributed by atoms with E-state index in [1.807, 2.05) is 6.92 Å². The van der Waals surface area contributed by atoms with Crippen molar-refractivity contribution in [3.8, 4) is 5.88 Å². The number of benzene rings is 1. The highest BCUT2D eigenvalue weighted by Gasteiger charge is 2.30. The monoisotopic (exact) mass is 377 g/mol. The normalized spacial score (nSPS) is 11.7. The summed E-state index contributed by atoms with van der Waals surface area (Å²) in [5, 5.41) is 3.58. The second-order valence-electron chi connectivity index (χ2n) is 6.06. The van der Waals surface area contributed by atoms with E-state index in [0.717, 1.165) is 11.6 Å². The molecule has 3 aromatic rings. The Kier molecular flexibility index (Phi) is 4.88. The van der Waals surface area contributed by atoms with E-state index in [4.69, 9.17) is 10.5 Å². The van der Waals surface area contributed by atoms with Gasteiger partial charge in [0, 0.05) is 17.7 Å². The Labute approximate surface area is 153 Å². The van der Waals surface area contributed by atoms with Crippen molar-refractivity contribution in [2.45, 2.75) is 26.4 Å². The highest BCUT2D eigenvalue weighted by Crippen LogP contribution is 2.28. The lowest BCUT2D eigenvalue weighted by Gasteiger charge is -2.15. The van der Waals surface area contributed by atoms with Gasteiger partial charge in [0.2, 0.25) is 5.88 Å². The first-order valence-corrected chi connectivity index (χ1v) is 8.09. The Bertz CT molecular complexity index is 1000. The van der Waals surface area contributed by atoms with Crippen molar-refractivity contribution in [3.05, 3.63) is 52.6 Å². The maximum Gasteiger partial charge on any atom is 0.329 e. The summed E-state index contributed by atoms with van der Waals surface area (Å²) in [5.74, 6) is 0.255. The van der Waals surface area contributed by atoms with Gasteiger partial charge in [-0.1, -0.05) is 12.1 Å². The van der Waals surface area contributed by atoms with Crippen LogP contribution in [0.3, 0.4) is 0 Å². The second kappa shape index (κ2) is 6.99. The molecule has 9 heteroatoms. The second-order valence-corrected chi connectivity index (χ2v) is 6.06.